The first-order chi connectivity index (χ1) is 12.2. The number of hydrogen-bond acceptors (Lipinski definition) is 3. The van der Waals surface area contributed by atoms with Crippen molar-refractivity contribution in [3.63, 3.8) is 0 Å². The number of H-pyrrole nitrogens is 1. The molecular formula is C19H19FN4O. The minimum atomic E-state index is -0.299. The molecular weight excluding hydrogens is 319 g/mol. The van der Waals surface area contributed by atoms with Crippen molar-refractivity contribution in [3.05, 3.63) is 71.8 Å². The molecule has 0 aliphatic heterocycles. The smallest absolute Gasteiger partial charge is 0.244 e. The highest BCUT2D eigenvalue weighted by atomic mass is 19.1. The summed E-state index contributed by atoms with van der Waals surface area (Å²) in [6, 6.07) is 9.81. The topological polar surface area (TPSA) is 83.8 Å². The van der Waals surface area contributed by atoms with Gasteiger partial charge in [-0.05, 0) is 42.3 Å². The number of carbonyl (C=O) groups excluding carboxylic acids is 1. The summed E-state index contributed by atoms with van der Waals surface area (Å²) in [4.78, 5) is 19.4. The summed E-state index contributed by atoms with van der Waals surface area (Å²) in [5.74, 6) is -0.544. The molecule has 0 unspecified atom stereocenters. The highest BCUT2D eigenvalue weighted by Gasteiger charge is 2.10. The Kier molecular flexibility index (Phi) is 5.20. The van der Waals surface area contributed by atoms with Gasteiger partial charge in [-0.3, -0.25) is 4.79 Å². The average Bonchev–Trinajstić information content (AvgIpc) is 3.02. The molecule has 0 aliphatic carbocycles. The molecule has 0 saturated heterocycles. The fraction of sp³-hybridized carbons (Fsp3) is 0.158. The number of pyridine rings is 1. The Morgan fingerprint density at radius 3 is 3.04 bits per heavy atom. The summed E-state index contributed by atoms with van der Waals surface area (Å²) < 4.78 is 13.3. The molecule has 128 valence electrons. The van der Waals surface area contributed by atoms with Crippen molar-refractivity contribution in [2.45, 2.75) is 12.5 Å². The summed E-state index contributed by atoms with van der Waals surface area (Å²) in [5, 5.41) is 3.79. The molecule has 4 N–H and O–H groups in total. The number of fused-ring (bicyclic) bond motifs is 1. The van der Waals surface area contributed by atoms with E-state index in [1.54, 1.807) is 24.5 Å². The van der Waals surface area contributed by atoms with Crippen molar-refractivity contribution in [1.29, 1.82) is 0 Å². The molecule has 5 nitrogen and oxygen atoms in total. The van der Waals surface area contributed by atoms with E-state index in [0.29, 0.717) is 6.42 Å². The Labute approximate surface area is 144 Å². The Balaban J connectivity index is 1.64. The van der Waals surface area contributed by atoms with Crippen molar-refractivity contribution in [1.82, 2.24) is 15.3 Å². The van der Waals surface area contributed by atoms with E-state index in [-0.39, 0.29) is 24.3 Å². The standard InChI is InChI=1S/C19H19FN4O/c20-15-4-1-3-13(9-15)10-16(11-21)24-18(25)7-6-14-12-23-19-17(14)5-2-8-22-19/h1-9,12,16H,10-11,21H2,(H,22,23)(H,24,25)/t16-/m0/s1. The van der Waals surface area contributed by atoms with Crippen LogP contribution in [0.25, 0.3) is 17.1 Å². The number of aromatic amines is 1. The lowest BCUT2D eigenvalue weighted by molar-refractivity contribution is -0.117. The molecule has 1 amide bonds. The van der Waals surface area contributed by atoms with Gasteiger partial charge in [0.1, 0.15) is 11.5 Å². The molecule has 3 aromatic rings. The highest BCUT2D eigenvalue weighted by Crippen LogP contribution is 2.16. The maximum Gasteiger partial charge on any atom is 0.244 e. The fourth-order valence-corrected chi connectivity index (χ4v) is 2.67. The van der Waals surface area contributed by atoms with Crippen molar-refractivity contribution < 1.29 is 9.18 Å². The third-order valence-corrected chi connectivity index (χ3v) is 3.90. The second-order valence-corrected chi connectivity index (χ2v) is 5.75. The second kappa shape index (κ2) is 7.72. The van der Waals surface area contributed by atoms with Crippen LogP contribution in [0.4, 0.5) is 4.39 Å². The number of nitrogens with zero attached hydrogens (tertiary/aromatic N) is 1. The number of nitrogens with one attached hydrogen (secondary N) is 2. The van der Waals surface area contributed by atoms with Crippen LogP contribution in [0.15, 0.2) is 54.9 Å². The first kappa shape index (κ1) is 16.9. The number of benzene rings is 1. The van der Waals surface area contributed by atoms with Gasteiger partial charge in [-0.2, -0.15) is 0 Å². The zero-order valence-electron chi connectivity index (χ0n) is 13.6. The van der Waals surface area contributed by atoms with Crippen LogP contribution >= 0.6 is 0 Å². The third-order valence-electron chi connectivity index (χ3n) is 3.90. The van der Waals surface area contributed by atoms with Gasteiger partial charge in [-0.1, -0.05) is 12.1 Å². The number of nitrogens with two attached hydrogens (primary N) is 1. The van der Waals surface area contributed by atoms with Gasteiger partial charge < -0.3 is 16.0 Å². The summed E-state index contributed by atoms with van der Waals surface area (Å²) in [6.45, 7) is 0.271. The SMILES string of the molecule is NC[C@H](Cc1cccc(F)c1)NC(=O)C=Cc1c[nH]c2ncccc12. The van der Waals surface area contributed by atoms with Crippen LogP contribution in [0.3, 0.4) is 0 Å². The Bertz CT molecular complexity index is 903. The zero-order chi connectivity index (χ0) is 17.6. The summed E-state index contributed by atoms with van der Waals surface area (Å²) in [5.41, 5.74) is 8.17. The summed E-state index contributed by atoms with van der Waals surface area (Å²) >= 11 is 0. The molecule has 0 aliphatic rings. The molecule has 0 radical (unpaired) electrons. The Morgan fingerprint density at radius 2 is 2.24 bits per heavy atom. The highest BCUT2D eigenvalue weighted by molar-refractivity contribution is 5.95. The largest absolute Gasteiger partial charge is 0.348 e. The molecule has 6 heteroatoms. The minimum absolute atomic E-state index is 0.245. The number of rotatable bonds is 6. The lowest BCUT2D eigenvalue weighted by Crippen LogP contribution is -2.40. The van der Waals surface area contributed by atoms with Crippen molar-refractivity contribution >= 4 is 23.0 Å². The molecule has 3 rings (SSSR count). The van der Waals surface area contributed by atoms with Gasteiger partial charge in [0.25, 0.3) is 0 Å². The molecule has 25 heavy (non-hydrogen) atoms. The van der Waals surface area contributed by atoms with Crippen LogP contribution in [0, 0.1) is 5.82 Å². The van der Waals surface area contributed by atoms with Crippen LogP contribution in [-0.4, -0.2) is 28.5 Å². The Hall–Kier alpha value is -2.99. The minimum Gasteiger partial charge on any atom is -0.348 e. The monoisotopic (exact) mass is 338 g/mol. The van der Waals surface area contributed by atoms with Gasteiger partial charge in [-0.15, -0.1) is 0 Å². The van der Waals surface area contributed by atoms with Gasteiger partial charge in [0.05, 0.1) is 0 Å². The molecule has 0 fully saturated rings. The zero-order valence-corrected chi connectivity index (χ0v) is 13.6. The first-order valence-corrected chi connectivity index (χ1v) is 8.01. The van der Waals surface area contributed by atoms with E-state index in [1.165, 1.54) is 18.2 Å². The van der Waals surface area contributed by atoms with Crippen LogP contribution in [-0.2, 0) is 11.2 Å². The molecule has 2 aromatic heterocycles. The molecule has 0 spiro atoms. The molecule has 1 aromatic carbocycles. The van der Waals surface area contributed by atoms with Crippen molar-refractivity contribution in [2.24, 2.45) is 5.73 Å². The van der Waals surface area contributed by atoms with Crippen LogP contribution < -0.4 is 11.1 Å². The Morgan fingerprint density at radius 1 is 1.36 bits per heavy atom. The van der Waals surface area contributed by atoms with E-state index in [9.17, 15) is 9.18 Å². The van der Waals surface area contributed by atoms with E-state index in [2.05, 4.69) is 15.3 Å². The number of amides is 1. The van der Waals surface area contributed by atoms with E-state index in [4.69, 9.17) is 5.73 Å². The number of carbonyl (C=O) groups is 1. The maximum atomic E-state index is 13.3. The lowest BCUT2D eigenvalue weighted by Gasteiger charge is -2.15. The van der Waals surface area contributed by atoms with Gasteiger partial charge >= 0.3 is 0 Å². The fourth-order valence-electron chi connectivity index (χ4n) is 2.67. The van der Waals surface area contributed by atoms with Crippen LogP contribution in [0.2, 0.25) is 0 Å². The van der Waals surface area contributed by atoms with Crippen LogP contribution in [0.1, 0.15) is 11.1 Å². The normalized spacial score (nSPS) is 12.6. The van der Waals surface area contributed by atoms with Gasteiger partial charge in [0.2, 0.25) is 5.91 Å². The first-order valence-electron chi connectivity index (χ1n) is 8.01. The maximum absolute atomic E-state index is 13.3. The number of aromatic nitrogens is 2. The lowest BCUT2D eigenvalue weighted by atomic mass is 10.1. The molecule has 0 saturated carbocycles. The van der Waals surface area contributed by atoms with E-state index >= 15 is 0 Å². The molecule has 2 heterocycles. The number of halogens is 1. The predicted molar refractivity (Wildman–Crippen MR) is 96.2 cm³/mol. The third kappa shape index (κ3) is 4.30. The van der Waals surface area contributed by atoms with E-state index in [0.717, 1.165) is 22.2 Å². The van der Waals surface area contributed by atoms with E-state index in [1.807, 2.05) is 18.2 Å². The second-order valence-electron chi connectivity index (χ2n) is 5.75. The van der Waals surface area contributed by atoms with E-state index < -0.39 is 0 Å². The van der Waals surface area contributed by atoms with Crippen molar-refractivity contribution in [2.75, 3.05) is 6.54 Å². The van der Waals surface area contributed by atoms with Crippen molar-refractivity contribution in [3.8, 4) is 0 Å². The number of hydrogen-bond donors (Lipinski definition) is 3. The predicted octanol–water partition coefficient (Wildman–Crippen LogP) is 2.40. The van der Waals surface area contributed by atoms with Gasteiger partial charge in [0.15, 0.2) is 0 Å². The van der Waals surface area contributed by atoms with Gasteiger partial charge in [-0.25, -0.2) is 9.37 Å². The molecule has 0 bridgehead atoms. The summed E-state index contributed by atoms with van der Waals surface area (Å²) in [6.07, 6.45) is 7.17. The summed E-state index contributed by atoms with van der Waals surface area (Å²) in [7, 11) is 0. The van der Waals surface area contributed by atoms with Crippen LogP contribution in [0.5, 0.6) is 0 Å². The molecule has 1 atom stereocenters. The van der Waals surface area contributed by atoms with Gasteiger partial charge in [0, 0.05) is 42.0 Å². The quantitative estimate of drug-likeness (QED) is 0.604. The average molecular weight is 338 g/mol.